The van der Waals surface area contributed by atoms with E-state index >= 15 is 0 Å². The summed E-state index contributed by atoms with van der Waals surface area (Å²) >= 11 is 0. The number of hydrogen-bond donors (Lipinski definition) is 3. The van der Waals surface area contributed by atoms with Crippen molar-refractivity contribution in [3.8, 4) is 0 Å². The average molecular weight is 292 g/mol. The van der Waals surface area contributed by atoms with Crippen molar-refractivity contribution in [1.82, 2.24) is 5.32 Å². The minimum atomic E-state index is -1.01. The smallest absolute Gasteiger partial charge is 0.328 e. The molecule has 0 bridgehead atoms. The van der Waals surface area contributed by atoms with E-state index in [1.165, 1.54) is 6.08 Å². The van der Waals surface area contributed by atoms with E-state index in [1.807, 2.05) is 0 Å². The second-order valence-corrected chi connectivity index (χ2v) is 4.38. The molecule has 0 spiro atoms. The molecule has 0 aliphatic heterocycles. The second kappa shape index (κ2) is 9.55. The predicted octanol–water partition coefficient (Wildman–Crippen LogP) is 2.33. The summed E-state index contributed by atoms with van der Waals surface area (Å²) in [5.41, 5.74) is 1.31. The molecule has 0 radical (unpaired) electrons. The zero-order valence-corrected chi connectivity index (χ0v) is 12.0. The number of carboxylic acids is 1. The Hall–Kier alpha value is -2.34. The maximum atomic E-state index is 11.7. The van der Waals surface area contributed by atoms with Gasteiger partial charge in [-0.2, -0.15) is 0 Å². The van der Waals surface area contributed by atoms with E-state index < -0.39 is 5.97 Å². The number of carboxylic acid groups (broad SMARTS) is 1. The minimum absolute atomic E-state index is 0.285. The lowest BCUT2D eigenvalue weighted by Gasteiger charge is -2.08. The fourth-order valence-electron chi connectivity index (χ4n) is 1.64. The molecule has 2 amide bonds. The lowest BCUT2D eigenvalue weighted by Crippen LogP contribution is -2.29. The highest BCUT2D eigenvalue weighted by molar-refractivity contribution is 5.90. The second-order valence-electron chi connectivity index (χ2n) is 4.38. The third-order valence-electron chi connectivity index (χ3n) is 2.62. The summed E-state index contributed by atoms with van der Waals surface area (Å²) in [6.07, 6.45) is 4.26. The summed E-state index contributed by atoms with van der Waals surface area (Å²) in [5.74, 6) is -1.01. The zero-order chi connectivity index (χ0) is 15.5. The highest BCUT2D eigenvalue weighted by atomic mass is 16.5. The summed E-state index contributed by atoms with van der Waals surface area (Å²) in [6, 6.07) is 6.65. The maximum Gasteiger partial charge on any atom is 0.328 e. The van der Waals surface area contributed by atoms with Gasteiger partial charge in [-0.25, -0.2) is 9.59 Å². The van der Waals surface area contributed by atoms with Crippen molar-refractivity contribution >= 4 is 23.8 Å². The molecule has 21 heavy (non-hydrogen) atoms. The van der Waals surface area contributed by atoms with Gasteiger partial charge in [0.05, 0.1) is 0 Å². The fraction of sp³-hybridized carbons (Fsp3) is 0.333. The van der Waals surface area contributed by atoms with Crippen LogP contribution in [-0.2, 0) is 9.53 Å². The molecule has 0 aliphatic carbocycles. The van der Waals surface area contributed by atoms with E-state index in [4.69, 9.17) is 9.84 Å². The van der Waals surface area contributed by atoms with Crippen molar-refractivity contribution in [3.63, 3.8) is 0 Å². The molecule has 0 aromatic heterocycles. The van der Waals surface area contributed by atoms with Crippen molar-refractivity contribution < 1.29 is 19.4 Å². The number of nitrogens with one attached hydrogen (secondary N) is 2. The Morgan fingerprint density at radius 3 is 2.86 bits per heavy atom. The van der Waals surface area contributed by atoms with Crippen LogP contribution in [0.3, 0.4) is 0 Å². The third-order valence-corrected chi connectivity index (χ3v) is 2.62. The van der Waals surface area contributed by atoms with E-state index in [0.29, 0.717) is 24.4 Å². The molecule has 0 fully saturated rings. The number of carbonyl (C=O) groups is 2. The molecule has 1 aromatic carbocycles. The van der Waals surface area contributed by atoms with Crippen LogP contribution in [0.5, 0.6) is 0 Å². The first kappa shape index (κ1) is 16.7. The van der Waals surface area contributed by atoms with Crippen molar-refractivity contribution in [2.45, 2.75) is 12.8 Å². The first-order chi connectivity index (χ1) is 10.1. The first-order valence-electron chi connectivity index (χ1n) is 6.66. The number of aliphatic carboxylic acids is 1. The van der Waals surface area contributed by atoms with E-state index in [0.717, 1.165) is 18.9 Å². The molecule has 0 saturated carbocycles. The van der Waals surface area contributed by atoms with Gasteiger partial charge in [0.15, 0.2) is 0 Å². The van der Waals surface area contributed by atoms with Crippen LogP contribution in [0.15, 0.2) is 30.3 Å². The van der Waals surface area contributed by atoms with Crippen LogP contribution in [0.1, 0.15) is 18.4 Å². The Bertz CT molecular complexity index is 500. The van der Waals surface area contributed by atoms with Gasteiger partial charge in [0.2, 0.25) is 0 Å². The Labute approximate surface area is 123 Å². The van der Waals surface area contributed by atoms with Crippen molar-refractivity contribution in [2.75, 3.05) is 25.6 Å². The minimum Gasteiger partial charge on any atom is -0.478 e. The zero-order valence-electron chi connectivity index (χ0n) is 12.0. The summed E-state index contributed by atoms with van der Waals surface area (Å²) in [7, 11) is 1.64. The summed E-state index contributed by atoms with van der Waals surface area (Å²) in [4.78, 5) is 22.1. The number of benzene rings is 1. The number of unbranched alkanes of at least 4 members (excludes halogenated alkanes) is 1. The molecule has 1 rings (SSSR count). The molecule has 3 N–H and O–H groups in total. The molecular weight excluding hydrogens is 272 g/mol. The van der Waals surface area contributed by atoms with Crippen molar-refractivity contribution in [3.05, 3.63) is 35.9 Å². The topological polar surface area (TPSA) is 87.7 Å². The Balaban J connectivity index is 2.41. The predicted molar refractivity (Wildman–Crippen MR) is 81.2 cm³/mol. The van der Waals surface area contributed by atoms with Gasteiger partial charge < -0.3 is 20.5 Å². The summed E-state index contributed by atoms with van der Waals surface area (Å²) < 4.78 is 4.92. The standard InChI is InChI=1S/C15H20N2O4/c1-21-10-3-2-9-16-15(20)17-13-6-4-5-12(11-13)7-8-14(18)19/h4-8,11H,2-3,9-10H2,1H3,(H,18,19)(H2,16,17,20)/b8-7+. The molecule has 0 heterocycles. The van der Waals surface area contributed by atoms with Gasteiger partial charge in [0, 0.05) is 32.0 Å². The number of urea groups is 1. The monoisotopic (exact) mass is 292 g/mol. The number of amides is 2. The van der Waals surface area contributed by atoms with E-state index in [-0.39, 0.29) is 6.03 Å². The number of anilines is 1. The Kier molecular flexibility index (Phi) is 7.60. The highest BCUT2D eigenvalue weighted by Crippen LogP contribution is 2.11. The van der Waals surface area contributed by atoms with Gasteiger partial charge in [-0.3, -0.25) is 0 Å². The lowest BCUT2D eigenvalue weighted by atomic mass is 10.2. The van der Waals surface area contributed by atoms with Gasteiger partial charge in [-0.1, -0.05) is 12.1 Å². The molecule has 6 heteroatoms. The number of ether oxygens (including phenoxy) is 1. The summed E-state index contributed by atoms with van der Waals surface area (Å²) in [6.45, 7) is 1.26. The molecule has 0 unspecified atom stereocenters. The first-order valence-corrected chi connectivity index (χ1v) is 6.66. The number of hydrogen-bond acceptors (Lipinski definition) is 3. The van der Waals surface area contributed by atoms with Crippen LogP contribution in [0.2, 0.25) is 0 Å². The quantitative estimate of drug-likeness (QED) is 0.507. The largest absolute Gasteiger partial charge is 0.478 e. The van der Waals surface area contributed by atoms with Crippen LogP contribution in [0.4, 0.5) is 10.5 Å². The molecule has 6 nitrogen and oxygen atoms in total. The number of methoxy groups -OCH3 is 1. The number of carbonyl (C=O) groups excluding carboxylic acids is 1. The van der Waals surface area contributed by atoms with Gasteiger partial charge in [-0.05, 0) is 36.6 Å². The molecular formula is C15H20N2O4. The van der Waals surface area contributed by atoms with Crippen LogP contribution in [0, 0.1) is 0 Å². The van der Waals surface area contributed by atoms with Crippen molar-refractivity contribution in [2.24, 2.45) is 0 Å². The third kappa shape index (κ3) is 7.74. The van der Waals surface area contributed by atoms with E-state index in [9.17, 15) is 9.59 Å². The van der Waals surface area contributed by atoms with Gasteiger partial charge in [-0.15, -0.1) is 0 Å². The SMILES string of the molecule is COCCCCNC(=O)Nc1cccc(/C=C/C(=O)O)c1. The average Bonchev–Trinajstić information content (AvgIpc) is 2.45. The van der Waals surface area contributed by atoms with E-state index in [1.54, 1.807) is 31.4 Å². The van der Waals surface area contributed by atoms with Gasteiger partial charge in [0.1, 0.15) is 0 Å². The van der Waals surface area contributed by atoms with Crippen LogP contribution < -0.4 is 10.6 Å². The fourth-order valence-corrected chi connectivity index (χ4v) is 1.64. The van der Waals surface area contributed by atoms with Crippen LogP contribution in [-0.4, -0.2) is 37.4 Å². The molecule has 0 aliphatic rings. The molecule has 0 saturated heterocycles. The van der Waals surface area contributed by atoms with Crippen LogP contribution >= 0.6 is 0 Å². The lowest BCUT2D eigenvalue weighted by molar-refractivity contribution is -0.131. The maximum absolute atomic E-state index is 11.7. The van der Waals surface area contributed by atoms with E-state index in [2.05, 4.69) is 10.6 Å². The molecule has 0 atom stereocenters. The Morgan fingerprint density at radius 2 is 2.14 bits per heavy atom. The van der Waals surface area contributed by atoms with Crippen LogP contribution in [0.25, 0.3) is 6.08 Å². The normalized spacial score (nSPS) is 10.5. The highest BCUT2D eigenvalue weighted by Gasteiger charge is 2.01. The Morgan fingerprint density at radius 1 is 1.33 bits per heavy atom. The van der Waals surface area contributed by atoms with Crippen molar-refractivity contribution in [1.29, 1.82) is 0 Å². The molecule has 114 valence electrons. The van der Waals surface area contributed by atoms with Gasteiger partial charge in [0.25, 0.3) is 0 Å². The van der Waals surface area contributed by atoms with Gasteiger partial charge >= 0.3 is 12.0 Å². The molecule has 1 aromatic rings. The summed E-state index contributed by atoms with van der Waals surface area (Å²) in [5, 5.41) is 14.0. The number of rotatable bonds is 8.